The molecule has 0 atom stereocenters. The van der Waals surface area contributed by atoms with Gasteiger partial charge in [-0.05, 0) is 70.9 Å². The van der Waals surface area contributed by atoms with Crippen LogP contribution in [0.3, 0.4) is 0 Å². The lowest BCUT2D eigenvalue weighted by Gasteiger charge is -2.26. The average Bonchev–Trinajstić information content (AvgIpc) is 3.37. The molecule has 1 N–H and O–H groups in total. The zero-order chi connectivity index (χ0) is 25.3. The van der Waals surface area contributed by atoms with Crippen LogP contribution in [0.4, 0.5) is 17.1 Å². The number of nitrogens with one attached hydrogen (secondary N) is 1. The minimum Gasteiger partial charge on any atom is -0.458 e. The van der Waals surface area contributed by atoms with Gasteiger partial charge in [-0.15, -0.1) is 0 Å². The van der Waals surface area contributed by atoms with E-state index in [1.165, 1.54) is 22.3 Å². The second-order valence-electron chi connectivity index (χ2n) is 9.50. The van der Waals surface area contributed by atoms with Crippen molar-refractivity contribution in [3.05, 3.63) is 145 Å². The molecule has 0 bridgehead atoms. The lowest BCUT2D eigenvalue weighted by atomic mass is 10.0. The third kappa shape index (κ3) is 4.04. The van der Waals surface area contributed by atoms with Crippen LogP contribution in [0.1, 0.15) is 11.3 Å². The molecular weight excluding hydrogens is 464 g/mol. The van der Waals surface area contributed by atoms with Crippen LogP contribution in [0.2, 0.25) is 0 Å². The van der Waals surface area contributed by atoms with Crippen molar-refractivity contribution in [3.63, 3.8) is 0 Å². The quantitative estimate of drug-likeness (QED) is 0.261. The molecule has 182 valence electrons. The van der Waals surface area contributed by atoms with Crippen LogP contribution >= 0.6 is 0 Å². The van der Waals surface area contributed by atoms with Gasteiger partial charge in [0.05, 0.1) is 6.54 Å². The zero-order valence-corrected chi connectivity index (χ0v) is 20.8. The summed E-state index contributed by atoms with van der Waals surface area (Å²) in [6.07, 6.45) is 4.08. The number of fused-ring (bicyclic) bond motifs is 3. The number of hydrogen-bond acceptors (Lipinski definition) is 3. The maximum absolute atomic E-state index is 6.28. The van der Waals surface area contributed by atoms with Crippen LogP contribution in [0.25, 0.3) is 39.3 Å². The molecular formula is C35H26N2O. The molecule has 2 heterocycles. The lowest BCUT2D eigenvalue weighted by Crippen LogP contribution is -2.10. The molecule has 0 radical (unpaired) electrons. The van der Waals surface area contributed by atoms with Gasteiger partial charge in [0.25, 0.3) is 0 Å². The first-order valence-electron chi connectivity index (χ1n) is 12.9. The summed E-state index contributed by atoms with van der Waals surface area (Å²) in [5.74, 6) is 0.976. The maximum Gasteiger partial charge on any atom is 0.137 e. The predicted octanol–water partition coefficient (Wildman–Crippen LogP) is 9.31. The highest BCUT2D eigenvalue weighted by Gasteiger charge is 2.18. The van der Waals surface area contributed by atoms with Crippen LogP contribution in [0.15, 0.2) is 138 Å². The first-order valence-corrected chi connectivity index (χ1v) is 12.9. The van der Waals surface area contributed by atoms with Gasteiger partial charge in [0.15, 0.2) is 0 Å². The standard InChI is InChI=1S/C35H26N2O/c1-3-8-25(9-4-1)27-14-16-29(17-15-27)37(30-13-7-12-28(22-30)26-10-5-2-6-11-26)31-18-19-32-33-20-21-36-24-35(33)38-34(32)23-31/h1-23,36H,24H2. The Morgan fingerprint density at radius 3 is 1.95 bits per heavy atom. The average molecular weight is 491 g/mol. The highest BCUT2D eigenvalue weighted by molar-refractivity contribution is 5.93. The SMILES string of the molecule is C1=Cc2c(oc3cc(N(c4ccc(-c5ccccc5)cc4)c4cccc(-c5ccccc5)c4)ccc23)CN1. The van der Waals surface area contributed by atoms with Crippen molar-refractivity contribution < 1.29 is 4.42 Å². The summed E-state index contributed by atoms with van der Waals surface area (Å²) in [6.45, 7) is 0.708. The van der Waals surface area contributed by atoms with Gasteiger partial charge in [-0.3, -0.25) is 0 Å². The molecule has 0 amide bonds. The summed E-state index contributed by atoms with van der Waals surface area (Å²) < 4.78 is 6.28. The Balaban J connectivity index is 1.36. The van der Waals surface area contributed by atoms with Crippen molar-refractivity contribution in [3.8, 4) is 22.3 Å². The van der Waals surface area contributed by atoms with E-state index in [9.17, 15) is 0 Å². The van der Waals surface area contributed by atoms with E-state index in [0.29, 0.717) is 6.54 Å². The summed E-state index contributed by atoms with van der Waals surface area (Å²) in [7, 11) is 0. The minimum absolute atomic E-state index is 0.708. The fourth-order valence-electron chi connectivity index (χ4n) is 5.24. The number of furan rings is 1. The number of anilines is 3. The molecule has 0 aliphatic carbocycles. The van der Waals surface area contributed by atoms with E-state index in [0.717, 1.165) is 39.4 Å². The molecule has 0 unspecified atom stereocenters. The fourth-order valence-corrected chi connectivity index (χ4v) is 5.24. The summed E-state index contributed by atoms with van der Waals surface area (Å²) >= 11 is 0. The van der Waals surface area contributed by atoms with Crippen molar-refractivity contribution in [1.82, 2.24) is 5.32 Å². The largest absolute Gasteiger partial charge is 0.458 e. The normalized spacial score (nSPS) is 12.2. The molecule has 0 spiro atoms. The Morgan fingerprint density at radius 1 is 0.553 bits per heavy atom. The van der Waals surface area contributed by atoms with Gasteiger partial charge in [-0.2, -0.15) is 0 Å². The maximum atomic E-state index is 6.28. The van der Waals surface area contributed by atoms with E-state index in [1.54, 1.807) is 0 Å². The molecule has 1 aliphatic heterocycles. The molecule has 1 aromatic heterocycles. The highest BCUT2D eigenvalue weighted by Crippen LogP contribution is 2.40. The number of nitrogens with zero attached hydrogens (tertiary/aromatic N) is 1. The van der Waals surface area contributed by atoms with E-state index >= 15 is 0 Å². The van der Waals surface area contributed by atoms with Gasteiger partial charge < -0.3 is 14.6 Å². The Morgan fingerprint density at radius 2 is 1.18 bits per heavy atom. The third-order valence-corrected chi connectivity index (χ3v) is 7.12. The Hall–Kier alpha value is -5.02. The summed E-state index contributed by atoms with van der Waals surface area (Å²) in [4.78, 5) is 2.30. The molecule has 6 aromatic rings. The molecule has 3 nitrogen and oxygen atoms in total. The number of benzene rings is 5. The first-order chi connectivity index (χ1) is 18.8. The third-order valence-electron chi connectivity index (χ3n) is 7.12. The van der Waals surface area contributed by atoms with E-state index < -0.39 is 0 Å². The Kier molecular flexibility index (Phi) is 5.52. The fraction of sp³-hybridized carbons (Fsp3) is 0.0286. The predicted molar refractivity (Wildman–Crippen MR) is 158 cm³/mol. The van der Waals surface area contributed by atoms with Crippen LogP contribution in [0, 0.1) is 0 Å². The lowest BCUT2D eigenvalue weighted by molar-refractivity contribution is 0.532. The van der Waals surface area contributed by atoms with Gasteiger partial charge in [-0.1, -0.05) is 84.9 Å². The van der Waals surface area contributed by atoms with Gasteiger partial charge in [-0.25, -0.2) is 0 Å². The van der Waals surface area contributed by atoms with Gasteiger partial charge in [0, 0.05) is 34.1 Å². The Labute approximate surface area is 222 Å². The minimum atomic E-state index is 0.708. The van der Waals surface area contributed by atoms with E-state index in [4.69, 9.17) is 4.42 Å². The molecule has 5 aromatic carbocycles. The van der Waals surface area contributed by atoms with Gasteiger partial charge >= 0.3 is 0 Å². The first kappa shape index (κ1) is 22.2. The van der Waals surface area contributed by atoms with Crippen molar-refractivity contribution in [2.45, 2.75) is 6.54 Å². The number of rotatable bonds is 5. The molecule has 7 rings (SSSR count). The van der Waals surface area contributed by atoms with Crippen LogP contribution in [0.5, 0.6) is 0 Å². The molecule has 1 aliphatic rings. The van der Waals surface area contributed by atoms with Crippen LogP contribution < -0.4 is 10.2 Å². The summed E-state index contributed by atoms with van der Waals surface area (Å²) in [5, 5.41) is 4.38. The van der Waals surface area contributed by atoms with E-state index in [-0.39, 0.29) is 0 Å². The summed E-state index contributed by atoms with van der Waals surface area (Å²) in [5.41, 5.74) is 10.1. The molecule has 3 heteroatoms. The second kappa shape index (κ2) is 9.45. The Bertz CT molecular complexity index is 1750. The summed E-state index contributed by atoms with van der Waals surface area (Å²) in [6, 6.07) is 45.0. The van der Waals surface area contributed by atoms with Crippen LogP contribution in [-0.4, -0.2) is 0 Å². The van der Waals surface area contributed by atoms with E-state index in [2.05, 4.69) is 138 Å². The van der Waals surface area contributed by atoms with Crippen molar-refractivity contribution >= 4 is 34.1 Å². The number of hydrogen-bond donors (Lipinski definition) is 1. The monoisotopic (exact) mass is 490 g/mol. The van der Waals surface area contributed by atoms with Gasteiger partial charge in [0.2, 0.25) is 0 Å². The molecule has 38 heavy (non-hydrogen) atoms. The van der Waals surface area contributed by atoms with Crippen LogP contribution in [-0.2, 0) is 6.54 Å². The highest BCUT2D eigenvalue weighted by atomic mass is 16.3. The smallest absolute Gasteiger partial charge is 0.137 e. The van der Waals surface area contributed by atoms with E-state index in [1.807, 2.05) is 12.3 Å². The van der Waals surface area contributed by atoms with Crippen molar-refractivity contribution in [1.29, 1.82) is 0 Å². The van der Waals surface area contributed by atoms with Crippen molar-refractivity contribution in [2.75, 3.05) is 4.90 Å². The van der Waals surface area contributed by atoms with Gasteiger partial charge in [0.1, 0.15) is 11.3 Å². The second-order valence-corrected chi connectivity index (χ2v) is 9.50. The zero-order valence-electron chi connectivity index (χ0n) is 20.8. The molecule has 0 saturated heterocycles. The topological polar surface area (TPSA) is 28.4 Å². The molecule has 0 fully saturated rings. The molecule has 0 saturated carbocycles. The van der Waals surface area contributed by atoms with Crippen molar-refractivity contribution in [2.24, 2.45) is 0 Å².